The second-order valence-corrected chi connectivity index (χ2v) is 9.79. The van der Waals surface area contributed by atoms with Crippen LogP contribution in [0.2, 0.25) is 0 Å². The van der Waals surface area contributed by atoms with E-state index in [2.05, 4.69) is 31.1 Å². The first kappa shape index (κ1) is 23.9. The smallest absolute Gasteiger partial charge is 0.273 e. The van der Waals surface area contributed by atoms with Gasteiger partial charge in [0.25, 0.3) is 5.91 Å². The summed E-state index contributed by atoms with van der Waals surface area (Å²) in [6.45, 7) is -3.32. The lowest BCUT2D eigenvalue weighted by atomic mass is 10.1. The van der Waals surface area contributed by atoms with Crippen LogP contribution in [0.15, 0.2) is 30.5 Å². The van der Waals surface area contributed by atoms with Crippen molar-refractivity contribution in [2.45, 2.75) is 25.4 Å². The van der Waals surface area contributed by atoms with E-state index in [1.54, 1.807) is 24.4 Å². The molecule has 39 heavy (non-hydrogen) atoms. The SMILES string of the molecule is [2H]C([2H])([2H])NC(=O)c1nnc(NC(=O)C2CC2)cc1Nc1cccc(-c2ncc(CC(=O)NCC(O)CO)s2)c1OC. The molecular formula is C25H29N7O6S. The lowest BCUT2D eigenvalue weighted by molar-refractivity contribution is -0.121. The van der Waals surface area contributed by atoms with Crippen LogP contribution in [0, 0.1) is 5.92 Å². The number of rotatable bonds is 12. The van der Waals surface area contributed by atoms with Gasteiger partial charge in [0.2, 0.25) is 11.8 Å². The van der Waals surface area contributed by atoms with Crippen molar-refractivity contribution < 1.29 is 33.4 Å². The van der Waals surface area contributed by atoms with E-state index >= 15 is 0 Å². The molecule has 2 heterocycles. The van der Waals surface area contributed by atoms with Crippen LogP contribution in [0.5, 0.6) is 5.75 Å². The number of anilines is 3. The summed E-state index contributed by atoms with van der Waals surface area (Å²) in [5.74, 6) is -1.29. The number of carbonyl (C=O) groups excluding carboxylic acids is 3. The number of carbonyl (C=O) groups is 3. The van der Waals surface area contributed by atoms with Crippen molar-refractivity contribution in [2.75, 3.05) is 37.9 Å². The summed E-state index contributed by atoms with van der Waals surface area (Å²) in [6, 6.07) is 6.49. The summed E-state index contributed by atoms with van der Waals surface area (Å²) in [5, 5.41) is 36.7. The van der Waals surface area contributed by atoms with Gasteiger partial charge in [-0.05, 0) is 25.0 Å². The number of ether oxygens (including phenoxy) is 1. The summed E-state index contributed by atoms with van der Waals surface area (Å²) in [6.07, 6.45) is 2.04. The molecule has 0 saturated heterocycles. The van der Waals surface area contributed by atoms with E-state index in [1.165, 1.54) is 24.5 Å². The van der Waals surface area contributed by atoms with Gasteiger partial charge in [0, 0.05) is 40.7 Å². The molecule has 1 aromatic carbocycles. The maximum Gasteiger partial charge on any atom is 0.273 e. The first-order valence-corrected chi connectivity index (χ1v) is 12.7. The first-order valence-electron chi connectivity index (χ1n) is 13.4. The predicted octanol–water partition coefficient (Wildman–Crippen LogP) is 1.07. The Bertz CT molecular complexity index is 1460. The van der Waals surface area contributed by atoms with Crippen LogP contribution < -0.4 is 26.0 Å². The molecule has 0 spiro atoms. The van der Waals surface area contributed by atoms with Crippen molar-refractivity contribution in [3.8, 4) is 16.3 Å². The second kappa shape index (κ2) is 12.6. The summed E-state index contributed by atoms with van der Waals surface area (Å²) >= 11 is 1.24. The van der Waals surface area contributed by atoms with Crippen molar-refractivity contribution >= 4 is 46.3 Å². The number of aliphatic hydroxyl groups excluding tert-OH is 2. The van der Waals surface area contributed by atoms with Gasteiger partial charge in [0.15, 0.2) is 17.3 Å². The second-order valence-electron chi connectivity index (χ2n) is 8.67. The van der Waals surface area contributed by atoms with Gasteiger partial charge in [-0.15, -0.1) is 21.5 Å². The van der Waals surface area contributed by atoms with Crippen molar-refractivity contribution in [1.29, 1.82) is 0 Å². The Labute approximate surface area is 232 Å². The zero-order chi connectivity index (χ0) is 30.4. The number of aliphatic hydroxyl groups is 2. The maximum atomic E-state index is 12.8. The Balaban J connectivity index is 1.61. The number of hydrogen-bond donors (Lipinski definition) is 6. The highest BCUT2D eigenvalue weighted by atomic mass is 32.1. The molecule has 4 rings (SSSR count). The third-order valence-corrected chi connectivity index (χ3v) is 6.71. The largest absolute Gasteiger partial charge is 0.494 e. The molecule has 6 N–H and O–H groups in total. The molecule has 0 bridgehead atoms. The number of aromatic nitrogens is 3. The molecule has 3 amide bonds. The van der Waals surface area contributed by atoms with Gasteiger partial charge >= 0.3 is 0 Å². The number of para-hydroxylation sites is 1. The Kier molecular flexibility index (Phi) is 7.74. The minimum Gasteiger partial charge on any atom is -0.494 e. The average Bonchev–Trinajstić information content (AvgIpc) is 3.70. The van der Waals surface area contributed by atoms with E-state index in [1.807, 2.05) is 5.32 Å². The van der Waals surface area contributed by atoms with Crippen LogP contribution in [0.25, 0.3) is 10.6 Å². The minimum atomic E-state index is -2.77. The predicted molar refractivity (Wildman–Crippen MR) is 144 cm³/mol. The standard InChI is InChI=1S/C25H29N7O6S/c1-26-24(37)21-18(9-19(31-32-21)30-23(36)13-6-7-13)29-17-5-3-4-16(22(17)38-2)25-28-11-15(39-25)8-20(35)27-10-14(34)12-33/h3-5,9,11,13-14,33-34H,6-8,10,12H2,1-2H3,(H,26,37)(H,27,35)(H2,29,30,31,36)/i1D3. The zero-order valence-corrected chi connectivity index (χ0v) is 21.7. The van der Waals surface area contributed by atoms with E-state index in [4.69, 9.17) is 14.0 Å². The number of nitrogens with zero attached hydrogens (tertiary/aromatic N) is 3. The van der Waals surface area contributed by atoms with Crippen LogP contribution >= 0.6 is 11.3 Å². The molecule has 2 aromatic heterocycles. The zero-order valence-electron chi connectivity index (χ0n) is 23.9. The quantitative estimate of drug-likeness (QED) is 0.188. The highest BCUT2D eigenvalue weighted by Crippen LogP contribution is 2.40. The van der Waals surface area contributed by atoms with Gasteiger partial charge in [-0.25, -0.2) is 4.98 Å². The summed E-state index contributed by atoms with van der Waals surface area (Å²) in [5.41, 5.74) is 0.678. The van der Waals surface area contributed by atoms with E-state index in [0.29, 0.717) is 26.9 Å². The Morgan fingerprint density at radius 1 is 1.26 bits per heavy atom. The number of methoxy groups -OCH3 is 1. The minimum absolute atomic E-state index is 0.00999. The van der Waals surface area contributed by atoms with Crippen molar-refractivity contribution in [2.24, 2.45) is 5.92 Å². The van der Waals surface area contributed by atoms with E-state index < -0.39 is 25.6 Å². The molecule has 0 radical (unpaired) electrons. The van der Waals surface area contributed by atoms with E-state index in [9.17, 15) is 19.5 Å². The van der Waals surface area contributed by atoms with Crippen LogP contribution in [0.4, 0.5) is 17.2 Å². The third-order valence-electron chi connectivity index (χ3n) is 5.67. The Morgan fingerprint density at radius 3 is 2.79 bits per heavy atom. The molecule has 14 heteroatoms. The number of nitrogens with one attached hydrogen (secondary N) is 4. The van der Waals surface area contributed by atoms with Crippen molar-refractivity contribution in [3.05, 3.63) is 41.0 Å². The highest BCUT2D eigenvalue weighted by Gasteiger charge is 2.30. The van der Waals surface area contributed by atoms with Gasteiger partial charge in [0.05, 0.1) is 43.2 Å². The first-order chi connectivity index (χ1) is 20.0. The fourth-order valence-corrected chi connectivity index (χ4v) is 4.48. The Hall–Kier alpha value is -4.14. The molecule has 1 aliphatic carbocycles. The summed E-state index contributed by atoms with van der Waals surface area (Å²) < 4.78 is 27.8. The fourth-order valence-electron chi connectivity index (χ4n) is 3.55. The molecule has 1 saturated carbocycles. The van der Waals surface area contributed by atoms with Crippen molar-refractivity contribution in [3.63, 3.8) is 0 Å². The number of thiazole rings is 1. The van der Waals surface area contributed by atoms with Gasteiger partial charge in [-0.1, -0.05) is 6.07 Å². The molecule has 3 aromatic rings. The Morgan fingerprint density at radius 2 is 2.08 bits per heavy atom. The van der Waals surface area contributed by atoms with Crippen LogP contribution in [-0.2, 0) is 16.0 Å². The monoisotopic (exact) mass is 558 g/mol. The number of benzene rings is 1. The van der Waals surface area contributed by atoms with Crippen LogP contribution in [-0.4, -0.2) is 76.5 Å². The van der Waals surface area contributed by atoms with Gasteiger partial charge < -0.3 is 36.2 Å². The summed E-state index contributed by atoms with van der Waals surface area (Å²) in [7, 11) is 1.44. The van der Waals surface area contributed by atoms with Gasteiger partial charge in [-0.3, -0.25) is 14.4 Å². The lowest BCUT2D eigenvalue weighted by Gasteiger charge is -2.16. The number of hydrogen-bond acceptors (Lipinski definition) is 11. The molecule has 206 valence electrons. The molecule has 1 fully saturated rings. The average molecular weight is 559 g/mol. The third kappa shape index (κ3) is 7.04. The normalized spacial score (nSPS) is 14.8. The van der Waals surface area contributed by atoms with E-state index in [0.717, 1.165) is 12.8 Å². The topological polar surface area (TPSA) is 188 Å². The van der Waals surface area contributed by atoms with E-state index in [-0.39, 0.29) is 47.9 Å². The summed E-state index contributed by atoms with van der Waals surface area (Å²) in [4.78, 5) is 42.3. The van der Waals surface area contributed by atoms with Crippen LogP contribution in [0.1, 0.15) is 32.3 Å². The molecule has 1 atom stereocenters. The van der Waals surface area contributed by atoms with Gasteiger partial charge in [0.1, 0.15) is 5.01 Å². The molecule has 1 aliphatic rings. The van der Waals surface area contributed by atoms with Gasteiger partial charge in [-0.2, -0.15) is 0 Å². The molecule has 0 aliphatic heterocycles. The molecule has 13 nitrogen and oxygen atoms in total. The molecular weight excluding hydrogens is 526 g/mol. The number of amides is 3. The molecule has 1 unspecified atom stereocenters. The van der Waals surface area contributed by atoms with Crippen molar-refractivity contribution in [1.82, 2.24) is 25.8 Å². The maximum absolute atomic E-state index is 12.8. The highest BCUT2D eigenvalue weighted by molar-refractivity contribution is 7.15. The lowest BCUT2D eigenvalue weighted by Crippen LogP contribution is -2.34. The van der Waals surface area contributed by atoms with Crippen LogP contribution in [0.3, 0.4) is 0 Å². The fraction of sp³-hybridized carbons (Fsp3) is 0.360.